The van der Waals surface area contributed by atoms with E-state index >= 15 is 0 Å². The Morgan fingerprint density at radius 2 is 1.83 bits per heavy atom. The molecule has 23 heavy (non-hydrogen) atoms. The van der Waals surface area contributed by atoms with Crippen molar-refractivity contribution in [2.75, 3.05) is 0 Å². The van der Waals surface area contributed by atoms with E-state index in [2.05, 4.69) is 27.7 Å². The predicted molar refractivity (Wildman–Crippen MR) is 91.0 cm³/mol. The lowest BCUT2D eigenvalue weighted by Gasteiger charge is -2.60. The Bertz CT molecular complexity index is 470. The average molecular weight is 322 g/mol. The number of aliphatic carboxylic acids is 1. The Labute approximate surface area is 140 Å². The molecule has 0 amide bonds. The summed E-state index contributed by atoms with van der Waals surface area (Å²) in [6, 6.07) is 0. The lowest BCUT2D eigenvalue weighted by Crippen LogP contribution is -2.59. The summed E-state index contributed by atoms with van der Waals surface area (Å²) in [6.45, 7) is 8.92. The molecule has 2 N–H and O–H groups in total. The summed E-state index contributed by atoms with van der Waals surface area (Å²) in [6.07, 6.45) is 6.58. The maximum atomic E-state index is 12.5. The first-order valence-electron chi connectivity index (χ1n) is 9.61. The number of carboxylic acid groups (broad SMARTS) is 1. The van der Waals surface area contributed by atoms with E-state index in [1.807, 2.05) is 0 Å². The van der Waals surface area contributed by atoms with Crippen LogP contribution in [-0.2, 0) is 4.79 Å². The molecule has 132 valence electrons. The summed E-state index contributed by atoms with van der Waals surface area (Å²) in [5, 5.41) is 21.0. The highest BCUT2D eigenvalue weighted by Gasteiger charge is 2.62. The summed E-state index contributed by atoms with van der Waals surface area (Å²) in [5.74, 6) is 1.17. The Balaban J connectivity index is 1.97. The zero-order valence-electron chi connectivity index (χ0n) is 15.2. The molecule has 3 fully saturated rings. The highest BCUT2D eigenvalue weighted by molar-refractivity contribution is 5.76. The molecule has 3 aliphatic carbocycles. The second-order valence-electron chi connectivity index (χ2n) is 9.63. The molecule has 0 bridgehead atoms. The summed E-state index contributed by atoms with van der Waals surface area (Å²) < 4.78 is 0. The minimum Gasteiger partial charge on any atom is -0.481 e. The van der Waals surface area contributed by atoms with Crippen LogP contribution in [0.25, 0.3) is 0 Å². The standard InChI is InChI=1S/C20H34O3/c1-12(2)14-10-13-6-7-17-19(3,4)8-5-9-20(17,18(22)23)15(13)11-16(14)21/h12-17,21H,5-11H2,1-4H3,(H,22,23)/t13?,14?,15?,16?,17-,20-/m0/s1. The van der Waals surface area contributed by atoms with Crippen LogP contribution >= 0.6 is 0 Å². The van der Waals surface area contributed by atoms with Crippen molar-refractivity contribution in [3.63, 3.8) is 0 Å². The van der Waals surface area contributed by atoms with Gasteiger partial charge in [0.05, 0.1) is 11.5 Å². The molecule has 0 saturated heterocycles. The van der Waals surface area contributed by atoms with Gasteiger partial charge >= 0.3 is 5.97 Å². The molecular formula is C20H34O3. The molecule has 4 unspecified atom stereocenters. The van der Waals surface area contributed by atoms with E-state index in [-0.39, 0.29) is 23.4 Å². The molecule has 3 nitrogen and oxygen atoms in total. The van der Waals surface area contributed by atoms with Gasteiger partial charge in [-0.3, -0.25) is 4.79 Å². The van der Waals surface area contributed by atoms with E-state index in [4.69, 9.17) is 0 Å². The monoisotopic (exact) mass is 322 g/mol. The second-order valence-corrected chi connectivity index (χ2v) is 9.63. The number of rotatable bonds is 2. The Morgan fingerprint density at radius 1 is 1.13 bits per heavy atom. The summed E-state index contributed by atoms with van der Waals surface area (Å²) in [7, 11) is 0. The molecule has 0 heterocycles. The number of aliphatic hydroxyl groups is 1. The van der Waals surface area contributed by atoms with E-state index in [1.54, 1.807) is 0 Å². The predicted octanol–water partition coefficient (Wildman–Crippen LogP) is 4.34. The van der Waals surface area contributed by atoms with Gasteiger partial charge in [-0.05, 0) is 73.5 Å². The highest BCUT2D eigenvalue weighted by Crippen LogP contribution is 2.64. The first kappa shape index (κ1) is 17.3. The molecular weight excluding hydrogens is 288 g/mol. The van der Waals surface area contributed by atoms with Crippen molar-refractivity contribution in [1.29, 1.82) is 0 Å². The maximum Gasteiger partial charge on any atom is 0.310 e. The first-order chi connectivity index (χ1) is 10.7. The number of carboxylic acids is 1. The van der Waals surface area contributed by atoms with Crippen LogP contribution in [0.5, 0.6) is 0 Å². The Hall–Kier alpha value is -0.570. The quantitative estimate of drug-likeness (QED) is 0.795. The third-order valence-corrected chi connectivity index (χ3v) is 7.85. The van der Waals surface area contributed by atoms with Gasteiger partial charge in [-0.25, -0.2) is 0 Å². The van der Waals surface area contributed by atoms with E-state index in [9.17, 15) is 15.0 Å². The van der Waals surface area contributed by atoms with Crippen molar-refractivity contribution in [3.8, 4) is 0 Å². The van der Waals surface area contributed by atoms with Gasteiger partial charge in [-0.2, -0.15) is 0 Å². The Kier molecular flexibility index (Phi) is 4.32. The van der Waals surface area contributed by atoms with Gasteiger partial charge in [-0.1, -0.05) is 34.1 Å². The van der Waals surface area contributed by atoms with Crippen molar-refractivity contribution in [2.45, 2.75) is 78.7 Å². The fourth-order valence-corrected chi connectivity index (χ4v) is 6.73. The SMILES string of the molecule is CC(C)C1CC2CC[C@H]3C(C)(C)CCC[C@]3(C(=O)O)C2CC1O. The van der Waals surface area contributed by atoms with Crippen molar-refractivity contribution < 1.29 is 15.0 Å². The Morgan fingerprint density at radius 3 is 2.43 bits per heavy atom. The van der Waals surface area contributed by atoms with Crippen molar-refractivity contribution in [2.24, 2.45) is 40.4 Å². The lowest BCUT2D eigenvalue weighted by molar-refractivity contribution is -0.190. The zero-order valence-corrected chi connectivity index (χ0v) is 15.2. The fraction of sp³-hybridized carbons (Fsp3) is 0.950. The molecule has 0 aromatic carbocycles. The lowest BCUT2D eigenvalue weighted by atomic mass is 9.43. The molecule has 6 atom stereocenters. The molecule has 3 saturated carbocycles. The van der Waals surface area contributed by atoms with Crippen LogP contribution in [-0.4, -0.2) is 22.3 Å². The normalized spacial score (nSPS) is 46.1. The third-order valence-electron chi connectivity index (χ3n) is 7.85. The third kappa shape index (κ3) is 2.54. The van der Waals surface area contributed by atoms with Crippen LogP contribution in [0.1, 0.15) is 72.6 Å². The van der Waals surface area contributed by atoms with Gasteiger partial charge in [0.15, 0.2) is 0 Å². The molecule has 0 aliphatic heterocycles. The zero-order chi connectivity index (χ0) is 17.0. The number of hydrogen-bond donors (Lipinski definition) is 2. The summed E-state index contributed by atoms with van der Waals surface area (Å²) >= 11 is 0. The number of aliphatic hydroxyl groups excluding tert-OH is 1. The molecule has 3 aliphatic rings. The number of hydrogen-bond acceptors (Lipinski definition) is 2. The van der Waals surface area contributed by atoms with Gasteiger partial charge < -0.3 is 10.2 Å². The smallest absolute Gasteiger partial charge is 0.310 e. The second kappa shape index (κ2) is 5.75. The van der Waals surface area contributed by atoms with E-state index in [0.29, 0.717) is 24.2 Å². The average Bonchev–Trinajstić information content (AvgIpc) is 2.45. The number of carbonyl (C=O) groups is 1. The van der Waals surface area contributed by atoms with Crippen molar-refractivity contribution in [3.05, 3.63) is 0 Å². The molecule has 0 radical (unpaired) electrons. The largest absolute Gasteiger partial charge is 0.481 e. The fourth-order valence-electron chi connectivity index (χ4n) is 6.73. The van der Waals surface area contributed by atoms with E-state index < -0.39 is 11.4 Å². The summed E-state index contributed by atoms with van der Waals surface area (Å²) in [5.41, 5.74) is -0.477. The number of fused-ring (bicyclic) bond motifs is 3. The molecule has 3 rings (SSSR count). The molecule has 0 spiro atoms. The highest BCUT2D eigenvalue weighted by atomic mass is 16.4. The van der Waals surface area contributed by atoms with Crippen LogP contribution in [0.4, 0.5) is 0 Å². The first-order valence-corrected chi connectivity index (χ1v) is 9.61. The minimum atomic E-state index is -0.590. The van der Waals surface area contributed by atoms with Gasteiger partial charge in [0.1, 0.15) is 0 Å². The van der Waals surface area contributed by atoms with E-state index in [0.717, 1.165) is 38.5 Å². The van der Waals surface area contributed by atoms with Crippen LogP contribution in [0.15, 0.2) is 0 Å². The maximum absolute atomic E-state index is 12.5. The van der Waals surface area contributed by atoms with Gasteiger partial charge in [0.25, 0.3) is 0 Å². The minimum absolute atomic E-state index is 0.113. The van der Waals surface area contributed by atoms with Gasteiger partial charge in [0.2, 0.25) is 0 Å². The van der Waals surface area contributed by atoms with Crippen LogP contribution in [0.2, 0.25) is 0 Å². The van der Waals surface area contributed by atoms with Gasteiger partial charge in [-0.15, -0.1) is 0 Å². The van der Waals surface area contributed by atoms with E-state index in [1.165, 1.54) is 0 Å². The molecule has 3 heteroatoms. The summed E-state index contributed by atoms with van der Waals surface area (Å²) in [4.78, 5) is 12.5. The van der Waals surface area contributed by atoms with Crippen LogP contribution < -0.4 is 0 Å². The van der Waals surface area contributed by atoms with Crippen molar-refractivity contribution >= 4 is 5.97 Å². The van der Waals surface area contributed by atoms with Crippen molar-refractivity contribution in [1.82, 2.24) is 0 Å². The molecule has 0 aromatic rings. The topological polar surface area (TPSA) is 57.5 Å². The van der Waals surface area contributed by atoms with Crippen LogP contribution in [0.3, 0.4) is 0 Å². The molecule has 0 aromatic heterocycles. The van der Waals surface area contributed by atoms with Gasteiger partial charge in [0, 0.05) is 0 Å². The van der Waals surface area contributed by atoms with Crippen LogP contribution in [0, 0.1) is 40.4 Å².